The number of aromatic nitrogens is 2. The first-order valence-corrected chi connectivity index (χ1v) is 15.4. The van der Waals surface area contributed by atoms with Gasteiger partial charge in [0.25, 0.3) is 5.56 Å². The molecule has 1 fully saturated rings. The smallest absolute Gasteiger partial charge is 0.410 e. The molecular weight excluding hydrogens is 558 g/mol. The topological polar surface area (TPSA) is 97.2 Å². The van der Waals surface area contributed by atoms with Gasteiger partial charge in [0, 0.05) is 72.9 Å². The normalized spacial score (nSPS) is 16.6. The Labute approximate surface area is 259 Å². The third kappa shape index (κ3) is 5.78. The van der Waals surface area contributed by atoms with Gasteiger partial charge in [0.15, 0.2) is 0 Å². The van der Waals surface area contributed by atoms with Crippen LogP contribution in [0, 0.1) is 0 Å². The summed E-state index contributed by atoms with van der Waals surface area (Å²) in [6.07, 6.45) is 1.12. The maximum absolute atomic E-state index is 13.8. The Morgan fingerprint density at radius 3 is 2.36 bits per heavy atom. The summed E-state index contributed by atoms with van der Waals surface area (Å²) in [4.78, 5) is 50.6. The lowest BCUT2D eigenvalue weighted by Crippen LogP contribution is -2.55. The number of piperazine rings is 1. The summed E-state index contributed by atoms with van der Waals surface area (Å²) in [6, 6.07) is 7.70. The van der Waals surface area contributed by atoms with Crippen molar-refractivity contribution < 1.29 is 19.1 Å². The maximum atomic E-state index is 13.8. The summed E-state index contributed by atoms with van der Waals surface area (Å²) in [7, 11) is 5.50. The van der Waals surface area contributed by atoms with Gasteiger partial charge in [-0.25, -0.2) is 9.78 Å². The van der Waals surface area contributed by atoms with Crippen LogP contribution < -0.4 is 10.3 Å². The Hall–Kier alpha value is -3.60. The molecule has 0 spiro atoms. The number of pyridine rings is 2. The van der Waals surface area contributed by atoms with Crippen LogP contribution >= 0.6 is 0 Å². The van der Waals surface area contributed by atoms with Crippen LogP contribution in [0.25, 0.3) is 22.3 Å². The van der Waals surface area contributed by atoms with Crippen LogP contribution in [-0.4, -0.2) is 89.6 Å². The van der Waals surface area contributed by atoms with Crippen molar-refractivity contribution in [1.82, 2.24) is 24.3 Å². The number of aldehydes is 1. The molecule has 1 saturated heterocycles. The highest BCUT2D eigenvalue weighted by atomic mass is 16.6. The first-order valence-electron chi connectivity index (χ1n) is 15.4. The molecule has 2 aromatic heterocycles. The fourth-order valence-corrected chi connectivity index (χ4v) is 6.30. The number of benzene rings is 1. The minimum atomic E-state index is -0.820. The standard InChI is InChI=1S/C34H45N5O5/c1-9-34(5,21-40)26-17-28-30-22(18-39(28)31(41)25(26)20-43-8)16-23-24(19-36(6)7)29(11-10-27(23)35-30)44-32(42)37-12-14-38(15-13-37)33(2,3)4/h10-11,16-17,21H,9,12-15,18-20H2,1-8H3. The number of ether oxygens (including phenoxy) is 2. The summed E-state index contributed by atoms with van der Waals surface area (Å²) < 4.78 is 13.2. The van der Waals surface area contributed by atoms with Gasteiger partial charge in [0.1, 0.15) is 12.0 Å². The number of fused-ring (bicyclic) bond motifs is 4. The number of amides is 1. The van der Waals surface area contributed by atoms with Crippen LogP contribution in [0.3, 0.4) is 0 Å². The van der Waals surface area contributed by atoms with Crippen LogP contribution in [0.15, 0.2) is 29.1 Å². The second-order valence-corrected chi connectivity index (χ2v) is 13.5. The largest absolute Gasteiger partial charge is 0.415 e. The Morgan fingerprint density at radius 1 is 1.07 bits per heavy atom. The van der Waals surface area contributed by atoms with Crippen LogP contribution in [0.2, 0.25) is 0 Å². The van der Waals surface area contributed by atoms with Crippen molar-refractivity contribution in [3.63, 3.8) is 0 Å². The van der Waals surface area contributed by atoms with Crippen LogP contribution in [0.5, 0.6) is 5.75 Å². The zero-order valence-electron chi connectivity index (χ0n) is 27.3. The molecule has 1 amide bonds. The van der Waals surface area contributed by atoms with Crippen molar-refractivity contribution in [1.29, 1.82) is 0 Å². The van der Waals surface area contributed by atoms with Crippen molar-refractivity contribution in [2.45, 2.75) is 71.7 Å². The lowest BCUT2D eigenvalue weighted by atomic mass is 9.79. The lowest BCUT2D eigenvalue weighted by molar-refractivity contribution is -0.112. The number of rotatable bonds is 8. The molecule has 0 N–H and O–H groups in total. The Bertz CT molecular complexity index is 1650. The van der Waals surface area contributed by atoms with E-state index in [-0.39, 0.29) is 23.8 Å². The molecule has 0 aliphatic carbocycles. The minimum absolute atomic E-state index is 0.0579. The summed E-state index contributed by atoms with van der Waals surface area (Å²) in [6.45, 7) is 14.2. The number of nitrogens with zero attached hydrogens (tertiary/aromatic N) is 5. The molecule has 0 bridgehead atoms. The van der Waals surface area contributed by atoms with Gasteiger partial charge in [-0.1, -0.05) is 6.92 Å². The molecule has 236 valence electrons. The fourth-order valence-electron chi connectivity index (χ4n) is 6.30. The zero-order valence-corrected chi connectivity index (χ0v) is 27.3. The maximum Gasteiger partial charge on any atom is 0.415 e. The van der Waals surface area contributed by atoms with E-state index in [0.717, 1.165) is 47.1 Å². The first kappa shape index (κ1) is 31.8. The van der Waals surface area contributed by atoms with Crippen molar-refractivity contribution >= 4 is 23.3 Å². The zero-order chi connectivity index (χ0) is 32.0. The molecule has 1 aromatic carbocycles. The van der Waals surface area contributed by atoms with Gasteiger partial charge in [-0.15, -0.1) is 0 Å². The van der Waals surface area contributed by atoms with Crippen molar-refractivity contribution in [3.05, 3.63) is 56.9 Å². The van der Waals surface area contributed by atoms with Crippen molar-refractivity contribution in [3.8, 4) is 17.1 Å². The fraction of sp³-hybridized carbons (Fsp3) is 0.529. The van der Waals surface area contributed by atoms with Crippen molar-refractivity contribution in [2.75, 3.05) is 47.4 Å². The quantitative estimate of drug-likeness (QED) is 0.273. The molecule has 5 rings (SSSR count). The average Bonchev–Trinajstić information content (AvgIpc) is 3.35. The molecule has 1 atom stereocenters. The van der Waals surface area contributed by atoms with E-state index in [1.54, 1.807) is 16.6 Å². The summed E-state index contributed by atoms with van der Waals surface area (Å²) in [5.74, 6) is 0.512. The highest BCUT2D eigenvalue weighted by molar-refractivity contribution is 5.89. The van der Waals surface area contributed by atoms with Crippen LogP contribution in [0.4, 0.5) is 4.79 Å². The van der Waals surface area contributed by atoms with E-state index in [4.69, 9.17) is 14.5 Å². The van der Waals surface area contributed by atoms with Crippen molar-refractivity contribution in [2.24, 2.45) is 0 Å². The molecule has 4 heterocycles. The van der Waals surface area contributed by atoms with E-state index >= 15 is 0 Å². The molecule has 2 aliphatic heterocycles. The van der Waals surface area contributed by atoms with E-state index in [0.29, 0.717) is 55.2 Å². The second-order valence-electron chi connectivity index (χ2n) is 13.5. The highest BCUT2D eigenvalue weighted by Crippen LogP contribution is 2.38. The highest BCUT2D eigenvalue weighted by Gasteiger charge is 2.34. The number of methoxy groups -OCH3 is 1. The number of hydrogen-bond donors (Lipinski definition) is 0. The second kappa shape index (κ2) is 12.1. The monoisotopic (exact) mass is 603 g/mol. The number of carbonyl (C=O) groups is 2. The Balaban J connectivity index is 1.54. The number of hydrogen-bond acceptors (Lipinski definition) is 8. The minimum Gasteiger partial charge on any atom is -0.410 e. The average molecular weight is 604 g/mol. The molecule has 0 saturated carbocycles. The SMILES string of the molecule is CCC(C)(C=O)c1cc2n(c(=O)c1COC)Cc1cc3c(CN(C)C)c(OC(=O)N4CCN(C(C)(C)C)CC4)ccc3nc1-2. The first-order chi connectivity index (χ1) is 20.8. The third-order valence-corrected chi connectivity index (χ3v) is 9.17. The van der Waals surface area contributed by atoms with E-state index < -0.39 is 5.41 Å². The Morgan fingerprint density at radius 2 is 1.77 bits per heavy atom. The van der Waals surface area contributed by atoms with Crippen LogP contribution in [0.1, 0.15) is 63.3 Å². The molecule has 0 radical (unpaired) electrons. The molecule has 10 nitrogen and oxygen atoms in total. The van der Waals surface area contributed by atoms with Gasteiger partial charge < -0.3 is 28.6 Å². The molecular formula is C34H45N5O5. The lowest BCUT2D eigenvalue weighted by Gasteiger charge is -2.41. The molecule has 3 aromatic rings. The predicted molar refractivity (Wildman–Crippen MR) is 171 cm³/mol. The molecule has 44 heavy (non-hydrogen) atoms. The van der Waals surface area contributed by atoms with Gasteiger partial charge in [0.05, 0.1) is 30.1 Å². The van der Waals surface area contributed by atoms with Gasteiger partial charge in [-0.2, -0.15) is 0 Å². The predicted octanol–water partition coefficient (Wildman–Crippen LogP) is 4.41. The molecule has 2 aliphatic rings. The molecule has 1 unspecified atom stereocenters. The Kier molecular flexibility index (Phi) is 8.72. The number of carbonyl (C=O) groups excluding carboxylic acids is 2. The van der Waals surface area contributed by atoms with E-state index in [1.165, 1.54) is 0 Å². The van der Waals surface area contributed by atoms with Gasteiger partial charge in [-0.3, -0.25) is 9.69 Å². The van der Waals surface area contributed by atoms with E-state index in [9.17, 15) is 14.4 Å². The van der Waals surface area contributed by atoms with E-state index in [1.807, 2.05) is 51.0 Å². The summed E-state index contributed by atoms with van der Waals surface area (Å²) in [5, 5.41) is 0.879. The summed E-state index contributed by atoms with van der Waals surface area (Å²) in [5.41, 5.74) is 4.19. The van der Waals surface area contributed by atoms with Gasteiger partial charge in [0.2, 0.25) is 0 Å². The third-order valence-electron chi connectivity index (χ3n) is 9.17. The van der Waals surface area contributed by atoms with Crippen LogP contribution in [-0.2, 0) is 34.6 Å². The molecule has 10 heteroatoms. The van der Waals surface area contributed by atoms with Gasteiger partial charge >= 0.3 is 6.09 Å². The van der Waals surface area contributed by atoms with E-state index in [2.05, 4.69) is 31.7 Å². The summed E-state index contributed by atoms with van der Waals surface area (Å²) >= 11 is 0. The van der Waals surface area contributed by atoms with Gasteiger partial charge in [-0.05, 0) is 78.0 Å².